The van der Waals surface area contributed by atoms with E-state index in [2.05, 4.69) is 270 Å². The molecule has 1 N–H and O–H groups in total. The van der Waals surface area contributed by atoms with Crippen LogP contribution in [0.2, 0.25) is 0 Å². The Hall–Kier alpha value is -9.52. The number of ether oxygens (including phenoxy) is 3. The molecule has 0 aliphatic carbocycles. The SMILES string of the molecule is Cc1cc(C)cc(N2c3cc4c(cc3B(c3c(C)cc(C)cc3C)c3c2cc2c5c3Oc3ccc(C)cc3B5c3cc(C)ccc3N2)B(c2c(C)cc(C)cc2C)c2c(cc3c5c2Oc2ccc(C)cc2B5c2cc(C)ccc2O3)N4c2cc(C)cc(C)c2)c1. The molecule has 0 atom stereocenters. The van der Waals surface area contributed by atoms with Crippen LogP contribution in [0.3, 0.4) is 0 Å². The molecular formula is C80H69B4N3O3. The van der Waals surface area contributed by atoms with Crippen LogP contribution in [-0.4, -0.2) is 26.9 Å². The first-order chi connectivity index (χ1) is 43.3. The van der Waals surface area contributed by atoms with Crippen LogP contribution < -0.4 is 94.9 Å². The minimum absolute atomic E-state index is 0.0686. The molecule has 6 heterocycles. The second-order valence-corrected chi connectivity index (χ2v) is 27.5. The number of benzene rings is 11. The monoisotopic (exact) mass is 1160 g/mol. The van der Waals surface area contributed by atoms with Gasteiger partial charge < -0.3 is 29.3 Å². The molecule has 0 aromatic heterocycles. The smallest absolute Gasteiger partial charge is 0.260 e. The van der Waals surface area contributed by atoms with E-state index in [0.29, 0.717) is 0 Å². The summed E-state index contributed by atoms with van der Waals surface area (Å²) in [5.41, 5.74) is 40.2. The van der Waals surface area contributed by atoms with Gasteiger partial charge in [0.1, 0.15) is 34.5 Å². The van der Waals surface area contributed by atoms with Crippen molar-refractivity contribution in [3.05, 3.63) is 236 Å². The van der Waals surface area contributed by atoms with Crippen molar-refractivity contribution in [3.8, 4) is 34.5 Å². The van der Waals surface area contributed by atoms with E-state index in [4.69, 9.17) is 14.2 Å². The molecule has 0 saturated carbocycles. The lowest BCUT2D eigenvalue weighted by atomic mass is 9.28. The molecule has 0 radical (unpaired) electrons. The Balaban J connectivity index is 1.04. The Morgan fingerprint density at radius 2 is 0.644 bits per heavy atom. The molecule has 11 aromatic rings. The van der Waals surface area contributed by atoms with Crippen molar-refractivity contribution in [3.63, 3.8) is 0 Å². The number of aryl methyl sites for hydroxylation is 14. The Labute approximate surface area is 531 Å². The van der Waals surface area contributed by atoms with Crippen molar-refractivity contribution < 1.29 is 14.2 Å². The summed E-state index contributed by atoms with van der Waals surface area (Å²) in [6.07, 6.45) is 0. The predicted octanol–water partition coefficient (Wildman–Crippen LogP) is 12.0. The number of nitrogens with zero attached hydrogens (tertiary/aromatic N) is 2. The standard InChI is InChI=1S/C80H69B4N3O3/c1-41-15-19-63-57(33-41)81-61-35-43(3)17-21-70(61)89-79-75(81)64(85-63)38-67-76(79)83(73-51(11)25-49(9)26-52(73)12)58-37-59-66(39-65(58)86(67)55-29-45(5)23-46(6)30-55)87(56-31-47(7)24-48(8)32-56)68-40-72-78-80(77(68)84(59)74-53(13)27-50(10)28-54(74)14)90-71-22-18-44(4)36-62(71)82(78)60-34-42(2)16-20-69(60)88-72/h15-40,85H,1-14H3. The Bertz CT molecular complexity index is 4660. The second-order valence-electron chi connectivity index (χ2n) is 27.5. The molecule has 0 bridgehead atoms. The highest BCUT2D eigenvalue weighted by molar-refractivity contribution is 7.05. The van der Waals surface area contributed by atoms with Crippen LogP contribution in [0.25, 0.3) is 0 Å². The van der Waals surface area contributed by atoms with E-state index < -0.39 is 0 Å². The maximum absolute atomic E-state index is 7.78. The lowest BCUT2D eigenvalue weighted by Gasteiger charge is -2.45. The Morgan fingerprint density at radius 3 is 1.11 bits per heavy atom. The van der Waals surface area contributed by atoms with Crippen LogP contribution in [0.1, 0.15) is 77.9 Å². The molecule has 6 nitrogen and oxygen atoms in total. The fourth-order valence-corrected chi connectivity index (χ4v) is 17.3. The maximum atomic E-state index is 7.78. The van der Waals surface area contributed by atoms with Gasteiger partial charge in [-0.2, -0.15) is 0 Å². The highest BCUT2D eigenvalue weighted by atomic mass is 16.5. The van der Waals surface area contributed by atoms with Crippen LogP contribution in [0.5, 0.6) is 34.5 Å². The topological polar surface area (TPSA) is 46.2 Å². The summed E-state index contributed by atoms with van der Waals surface area (Å²) in [5.74, 6) is 5.27. The third kappa shape index (κ3) is 8.01. The molecule has 6 aliphatic rings. The van der Waals surface area contributed by atoms with Gasteiger partial charge in [-0.3, -0.25) is 0 Å². The first-order valence-electron chi connectivity index (χ1n) is 32.1. The molecule has 0 unspecified atom stereocenters. The van der Waals surface area contributed by atoms with Crippen molar-refractivity contribution >= 4 is 138 Å². The van der Waals surface area contributed by atoms with Gasteiger partial charge in [0.15, 0.2) is 0 Å². The Kier molecular flexibility index (Phi) is 11.8. The normalized spacial score (nSPS) is 13.9. The number of anilines is 8. The van der Waals surface area contributed by atoms with Crippen molar-refractivity contribution in [1.82, 2.24) is 0 Å². The van der Waals surface area contributed by atoms with Crippen molar-refractivity contribution in [1.29, 1.82) is 0 Å². The van der Waals surface area contributed by atoms with Gasteiger partial charge in [-0.25, -0.2) is 0 Å². The zero-order valence-electron chi connectivity index (χ0n) is 53.9. The van der Waals surface area contributed by atoms with E-state index in [9.17, 15) is 0 Å². The van der Waals surface area contributed by atoms with Crippen molar-refractivity contribution in [2.45, 2.75) is 96.9 Å². The number of nitrogens with one attached hydrogen (secondary N) is 1. The van der Waals surface area contributed by atoms with E-state index >= 15 is 0 Å². The number of rotatable bonds is 4. The average Bonchev–Trinajstić information content (AvgIpc) is 0.691. The maximum Gasteiger partial charge on any atom is 0.260 e. The fourth-order valence-electron chi connectivity index (χ4n) is 17.3. The molecule has 0 fully saturated rings. The van der Waals surface area contributed by atoms with Gasteiger partial charge >= 0.3 is 0 Å². The molecule has 434 valence electrons. The summed E-state index contributed by atoms with van der Waals surface area (Å²) in [4.78, 5) is 5.15. The minimum atomic E-state index is -0.298. The molecular weight excluding hydrogens is 1090 g/mol. The lowest BCUT2D eigenvalue weighted by Crippen LogP contribution is -2.66. The van der Waals surface area contributed by atoms with Crippen molar-refractivity contribution in [2.24, 2.45) is 0 Å². The molecule has 17 rings (SSSR count). The van der Waals surface area contributed by atoms with Crippen LogP contribution in [0.4, 0.5) is 45.5 Å². The highest BCUT2D eigenvalue weighted by Gasteiger charge is 2.51. The third-order valence-corrected chi connectivity index (χ3v) is 20.4. The van der Waals surface area contributed by atoms with E-state index in [0.717, 1.165) is 102 Å². The molecule has 6 aliphatic heterocycles. The van der Waals surface area contributed by atoms with Gasteiger partial charge in [-0.05, 0) is 229 Å². The fraction of sp³-hybridized carbons (Fsp3) is 0.175. The first kappa shape index (κ1) is 54.6. The van der Waals surface area contributed by atoms with Crippen molar-refractivity contribution in [2.75, 3.05) is 15.1 Å². The summed E-state index contributed by atoms with van der Waals surface area (Å²) in [6.45, 7) is 30.7. The van der Waals surface area contributed by atoms with Gasteiger partial charge in [0, 0.05) is 57.0 Å². The number of fused-ring (bicyclic) bond motifs is 14. The first-order valence-corrected chi connectivity index (χ1v) is 32.1. The highest BCUT2D eigenvalue weighted by Crippen LogP contribution is 2.49. The van der Waals surface area contributed by atoms with Crippen LogP contribution in [0.15, 0.2) is 158 Å². The summed E-state index contributed by atoms with van der Waals surface area (Å²) in [6, 6.07) is 60.8. The van der Waals surface area contributed by atoms with Crippen LogP contribution in [0, 0.1) is 96.9 Å². The van der Waals surface area contributed by atoms with Gasteiger partial charge in [0.05, 0.1) is 0 Å². The predicted molar refractivity (Wildman–Crippen MR) is 383 cm³/mol. The quantitative estimate of drug-likeness (QED) is 0.177. The van der Waals surface area contributed by atoms with Crippen LogP contribution in [-0.2, 0) is 0 Å². The zero-order valence-corrected chi connectivity index (χ0v) is 53.9. The second kappa shape index (κ2) is 19.5. The molecule has 0 amide bonds. The summed E-state index contributed by atoms with van der Waals surface area (Å²) in [5, 5.41) is 4.07. The molecule has 90 heavy (non-hydrogen) atoms. The largest absolute Gasteiger partial charge is 0.459 e. The number of hydrogen-bond donors (Lipinski definition) is 1. The summed E-state index contributed by atoms with van der Waals surface area (Å²) >= 11 is 0. The summed E-state index contributed by atoms with van der Waals surface area (Å²) in [7, 11) is 0. The van der Waals surface area contributed by atoms with Gasteiger partial charge in [0.25, 0.3) is 26.9 Å². The molecule has 11 aromatic carbocycles. The van der Waals surface area contributed by atoms with Crippen LogP contribution >= 0.6 is 0 Å². The van der Waals surface area contributed by atoms with Gasteiger partial charge in [0.2, 0.25) is 0 Å². The van der Waals surface area contributed by atoms with E-state index in [1.54, 1.807) is 0 Å². The van der Waals surface area contributed by atoms with Gasteiger partial charge in [-0.15, -0.1) is 0 Å². The van der Waals surface area contributed by atoms with E-state index in [-0.39, 0.29) is 26.9 Å². The average molecular weight is 1160 g/mol. The van der Waals surface area contributed by atoms with E-state index in [1.165, 1.54) is 122 Å². The van der Waals surface area contributed by atoms with E-state index in [1.807, 2.05) is 0 Å². The molecule has 10 heteroatoms. The molecule has 0 spiro atoms. The van der Waals surface area contributed by atoms with Gasteiger partial charge in [-0.1, -0.05) is 158 Å². The third-order valence-electron chi connectivity index (χ3n) is 20.4. The minimum Gasteiger partial charge on any atom is -0.459 e. The molecule has 0 saturated heterocycles. The Morgan fingerprint density at radius 1 is 0.256 bits per heavy atom. The zero-order chi connectivity index (χ0) is 61.8. The summed E-state index contributed by atoms with van der Waals surface area (Å²) < 4.78 is 22.9. The number of hydrogen-bond acceptors (Lipinski definition) is 6. The lowest BCUT2D eigenvalue weighted by molar-refractivity contribution is 0.467.